The van der Waals surface area contributed by atoms with E-state index in [0.717, 1.165) is 12.8 Å². The third kappa shape index (κ3) is 27.5. The zero-order chi connectivity index (χ0) is 19.9. The molecule has 0 saturated carbocycles. The van der Waals surface area contributed by atoms with Crippen LogP contribution in [-0.4, -0.2) is 30.7 Å². The molecule has 5 heteroatoms. The number of hydrogen-bond acceptors (Lipinski definition) is 4. The first kappa shape index (κ1) is 26.9. The SMILES string of the molecule is CCCCCCCC/C=C\CCCCCCCC(=O)OC.NCC(=O)O. The highest BCUT2D eigenvalue weighted by Crippen LogP contribution is 2.10. The van der Waals surface area contributed by atoms with Gasteiger partial charge in [-0.1, -0.05) is 70.4 Å². The van der Waals surface area contributed by atoms with E-state index in [0.29, 0.717) is 6.42 Å². The molecule has 0 rings (SSSR count). The Hall–Kier alpha value is -1.36. The predicted octanol–water partition coefficient (Wildman–Crippen LogP) is 5.23. The second-order valence-corrected chi connectivity index (χ2v) is 6.51. The number of rotatable bonds is 16. The molecular weight excluding hydrogens is 330 g/mol. The van der Waals surface area contributed by atoms with Crippen LogP contribution < -0.4 is 5.73 Å². The molecule has 0 aromatic rings. The average Bonchev–Trinajstić information content (AvgIpc) is 2.65. The van der Waals surface area contributed by atoms with Crippen LogP contribution in [0, 0.1) is 0 Å². The number of allylic oxidation sites excluding steroid dienone is 2. The molecule has 0 amide bonds. The van der Waals surface area contributed by atoms with Gasteiger partial charge in [-0.25, -0.2) is 0 Å². The standard InChI is InChI=1S/C19H36O2.C2H5NO2/c1-3-4-5-6-7-8-9-10-11-12-13-14-15-16-17-18-19(20)21-2;3-1-2(4)5/h10-11H,3-9,12-18H2,1-2H3;1,3H2,(H,4,5)/b11-10-;. The van der Waals surface area contributed by atoms with E-state index in [4.69, 9.17) is 5.11 Å². The first-order valence-corrected chi connectivity index (χ1v) is 10.2. The van der Waals surface area contributed by atoms with E-state index in [2.05, 4.69) is 29.5 Å². The Morgan fingerprint density at radius 1 is 0.846 bits per heavy atom. The monoisotopic (exact) mass is 371 g/mol. The number of carboxylic acids is 1. The van der Waals surface area contributed by atoms with Crippen molar-refractivity contribution in [3.8, 4) is 0 Å². The predicted molar refractivity (Wildman–Crippen MR) is 108 cm³/mol. The van der Waals surface area contributed by atoms with Crippen LogP contribution in [0.25, 0.3) is 0 Å². The molecule has 0 aromatic heterocycles. The molecule has 0 spiro atoms. The Kier molecular flexibility index (Phi) is 24.4. The summed E-state index contributed by atoms with van der Waals surface area (Å²) in [7, 11) is 1.46. The van der Waals surface area contributed by atoms with Crippen LogP contribution in [0.4, 0.5) is 0 Å². The first-order valence-electron chi connectivity index (χ1n) is 10.2. The Bertz CT molecular complexity index is 343. The molecule has 0 bridgehead atoms. The quantitative estimate of drug-likeness (QED) is 0.220. The summed E-state index contributed by atoms with van der Waals surface area (Å²) in [4.78, 5) is 20.2. The van der Waals surface area contributed by atoms with Crippen molar-refractivity contribution < 1.29 is 19.4 Å². The van der Waals surface area contributed by atoms with Gasteiger partial charge >= 0.3 is 11.9 Å². The summed E-state index contributed by atoms with van der Waals surface area (Å²) < 4.78 is 4.62. The van der Waals surface area contributed by atoms with Crippen LogP contribution in [0.5, 0.6) is 0 Å². The summed E-state index contributed by atoms with van der Waals surface area (Å²) in [6.45, 7) is 1.99. The summed E-state index contributed by atoms with van der Waals surface area (Å²) in [6.07, 6.45) is 22.0. The number of nitrogens with two attached hydrogens (primary N) is 1. The fraction of sp³-hybridized carbons (Fsp3) is 0.810. The number of carboxylic acid groups (broad SMARTS) is 1. The van der Waals surface area contributed by atoms with Gasteiger partial charge in [-0.05, 0) is 32.1 Å². The van der Waals surface area contributed by atoms with Gasteiger partial charge in [0.05, 0.1) is 13.7 Å². The molecule has 0 heterocycles. The number of hydrogen-bond donors (Lipinski definition) is 2. The lowest BCUT2D eigenvalue weighted by molar-refractivity contribution is -0.140. The lowest BCUT2D eigenvalue weighted by atomic mass is 10.1. The van der Waals surface area contributed by atoms with E-state index in [9.17, 15) is 9.59 Å². The summed E-state index contributed by atoms with van der Waals surface area (Å²) in [6, 6.07) is 0. The fourth-order valence-corrected chi connectivity index (χ4v) is 2.44. The second kappa shape index (κ2) is 23.6. The van der Waals surface area contributed by atoms with Gasteiger partial charge in [-0.15, -0.1) is 0 Å². The number of carbonyl (C=O) groups excluding carboxylic acids is 1. The Morgan fingerprint density at radius 3 is 1.69 bits per heavy atom. The number of methoxy groups -OCH3 is 1. The zero-order valence-electron chi connectivity index (χ0n) is 17.0. The number of unbranched alkanes of at least 4 members (excludes halogenated alkanes) is 11. The maximum absolute atomic E-state index is 10.9. The van der Waals surface area contributed by atoms with Crippen LogP contribution in [0.15, 0.2) is 12.2 Å². The lowest BCUT2D eigenvalue weighted by Crippen LogP contribution is -2.10. The molecule has 5 nitrogen and oxygen atoms in total. The minimum Gasteiger partial charge on any atom is -0.480 e. The van der Waals surface area contributed by atoms with Crippen LogP contribution in [0.1, 0.15) is 96.8 Å². The smallest absolute Gasteiger partial charge is 0.317 e. The first-order chi connectivity index (χ1) is 12.6. The van der Waals surface area contributed by atoms with E-state index >= 15 is 0 Å². The summed E-state index contributed by atoms with van der Waals surface area (Å²) >= 11 is 0. The van der Waals surface area contributed by atoms with Crippen molar-refractivity contribution in [1.29, 1.82) is 0 Å². The molecule has 0 saturated heterocycles. The van der Waals surface area contributed by atoms with E-state index in [1.54, 1.807) is 0 Å². The fourth-order valence-electron chi connectivity index (χ4n) is 2.44. The topological polar surface area (TPSA) is 89.6 Å². The highest BCUT2D eigenvalue weighted by molar-refractivity contribution is 5.69. The van der Waals surface area contributed by atoms with Crippen molar-refractivity contribution in [2.24, 2.45) is 5.73 Å². The van der Waals surface area contributed by atoms with Crippen LogP contribution in [0.3, 0.4) is 0 Å². The lowest BCUT2D eigenvalue weighted by Gasteiger charge is -2.00. The molecular formula is C21H41NO4. The molecule has 0 aliphatic carbocycles. The minimum absolute atomic E-state index is 0.0763. The summed E-state index contributed by atoms with van der Waals surface area (Å²) in [5, 5.41) is 7.60. The van der Waals surface area contributed by atoms with Gasteiger partial charge in [0.1, 0.15) is 0 Å². The van der Waals surface area contributed by atoms with Gasteiger partial charge in [-0.3, -0.25) is 9.59 Å². The maximum Gasteiger partial charge on any atom is 0.317 e. The molecule has 0 aliphatic heterocycles. The normalized spacial score (nSPS) is 10.4. The second-order valence-electron chi connectivity index (χ2n) is 6.51. The number of carbonyl (C=O) groups is 2. The van der Waals surface area contributed by atoms with Gasteiger partial charge in [0.2, 0.25) is 0 Å². The third-order valence-electron chi connectivity index (χ3n) is 4.04. The molecule has 0 unspecified atom stereocenters. The van der Waals surface area contributed by atoms with Crippen molar-refractivity contribution in [2.75, 3.05) is 13.7 Å². The van der Waals surface area contributed by atoms with E-state index in [-0.39, 0.29) is 12.5 Å². The molecule has 0 aliphatic rings. The molecule has 0 fully saturated rings. The molecule has 0 atom stereocenters. The number of aliphatic carboxylic acids is 1. The Labute approximate surface area is 160 Å². The third-order valence-corrected chi connectivity index (χ3v) is 4.04. The average molecular weight is 372 g/mol. The minimum atomic E-state index is -0.968. The molecule has 26 heavy (non-hydrogen) atoms. The zero-order valence-corrected chi connectivity index (χ0v) is 17.0. The van der Waals surface area contributed by atoms with Crippen LogP contribution in [0.2, 0.25) is 0 Å². The van der Waals surface area contributed by atoms with Gasteiger partial charge in [-0.2, -0.15) is 0 Å². The molecule has 0 radical (unpaired) electrons. The van der Waals surface area contributed by atoms with Crippen molar-refractivity contribution in [3.05, 3.63) is 12.2 Å². The van der Waals surface area contributed by atoms with Crippen molar-refractivity contribution in [3.63, 3.8) is 0 Å². The van der Waals surface area contributed by atoms with E-state index in [1.165, 1.54) is 77.7 Å². The maximum atomic E-state index is 10.9. The number of esters is 1. The van der Waals surface area contributed by atoms with Crippen molar-refractivity contribution in [2.45, 2.75) is 96.8 Å². The highest BCUT2D eigenvalue weighted by Gasteiger charge is 1.98. The van der Waals surface area contributed by atoms with Crippen molar-refractivity contribution >= 4 is 11.9 Å². The largest absolute Gasteiger partial charge is 0.480 e. The Balaban J connectivity index is 0. The Morgan fingerprint density at radius 2 is 1.27 bits per heavy atom. The van der Waals surface area contributed by atoms with Crippen molar-refractivity contribution in [1.82, 2.24) is 0 Å². The highest BCUT2D eigenvalue weighted by atomic mass is 16.5. The summed E-state index contributed by atoms with van der Waals surface area (Å²) in [5.41, 5.74) is 4.57. The van der Waals surface area contributed by atoms with Crippen LogP contribution in [-0.2, 0) is 14.3 Å². The van der Waals surface area contributed by atoms with E-state index < -0.39 is 5.97 Å². The molecule has 0 aromatic carbocycles. The molecule has 3 N–H and O–H groups in total. The van der Waals surface area contributed by atoms with Gasteiger partial charge in [0.25, 0.3) is 0 Å². The van der Waals surface area contributed by atoms with Gasteiger partial charge in [0, 0.05) is 6.42 Å². The van der Waals surface area contributed by atoms with Crippen LogP contribution >= 0.6 is 0 Å². The molecule has 154 valence electrons. The van der Waals surface area contributed by atoms with E-state index in [1.807, 2.05) is 0 Å². The number of ether oxygens (including phenoxy) is 1. The van der Waals surface area contributed by atoms with Gasteiger partial charge < -0.3 is 15.6 Å². The van der Waals surface area contributed by atoms with Gasteiger partial charge in [0.15, 0.2) is 0 Å². The summed E-state index contributed by atoms with van der Waals surface area (Å²) in [5.74, 6) is -1.04.